The normalized spacial score (nSPS) is 22.1. The predicted octanol–water partition coefficient (Wildman–Crippen LogP) is 2.96. The summed E-state index contributed by atoms with van der Waals surface area (Å²) in [5.41, 5.74) is 1.27. The lowest BCUT2D eigenvalue weighted by Gasteiger charge is -2.26. The number of halogens is 1. The van der Waals surface area contributed by atoms with Gasteiger partial charge in [-0.2, -0.15) is 5.10 Å². The second-order valence-electron chi connectivity index (χ2n) is 10.0. The zero-order valence-corrected chi connectivity index (χ0v) is 20.9. The van der Waals surface area contributed by atoms with Gasteiger partial charge in [0.2, 0.25) is 0 Å². The van der Waals surface area contributed by atoms with E-state index < -0.39 is 28.3 Å². The minimum Gasteiger partial charge on any atom is -0.444 e. The van der Waals surface area contributed by atoms with Gasteiger partial charge in [-0.15, -0.1) is 0 Å². The molecule has 3 aliphatic rings. The van der Waals surface area contributed by atoms with E-state index in [1.165, 1.54) is 6.07 Å². The first-order valence-corrected chi connectivity index (χ1v) is 13.1. The third-order valence-corrected chi connectivity index (χ3v) is 7.82. The molecule has 2 aromatic rings. The molecule has 0 aliphatic carbocycles. The molecule has 3 aliphatic heterocycles. The van der Waals surface area contributed by atoms with Crippen molar-refractivity contribution in [3.8, 4) is 11.3 Å². The predicted molar refractivity (Wildman–Crippen MR) is 126 cm³/mol. The highest BCUT2D eigenvalue weighted by Crippen LogP contribution is 2.41. The van der Waals surface area contributed by atoms with Gasteiger partial charge in [0.1, 0.15) is 11.4 Å². The molecule has 1 aromatic carbocycles. The summed E-state index contributed by atoms with van der Waals surface area (Å²) in [5, 5.41) is 4.73. The van der Waals surface area contributed by atoms with Crippen LogP contribution in [0.15, 0.2) is 23.1 Å². The van der Waals surface area contributed by atoms with Gasteiger partial charge in [-0.25, -0.2) is 9.18 Å². The Hall–Kier alpha value is -2.79. The van der Waals surface area contributed by atoms with Crippen LogP contribution in [0.4, 0.5) is 9.18 Å². The van der Waals surface area contributed by atoms with Crippen molar-refractivity contribution in [2.45, 2.75) is 49.5 Å². The lowest BCUT2D eigenvalue weighted by molar-refractivity contribution is 0.0284. The number of carbonyl (C=O) groups excluding carboxylic acids is 2. The van der Waals surface area contributed by atoms with Crippen molar-refractivity contribution in [2.75, 3.05) is 39.4 Å². The first kappa shape index (κ1) is 23.9. The van der Waals surface area contributed by atoms with E-state index >= 15 is 0 Å². The van der Waals surface area contributed by atoms with Gasteiger partial charge in [0.15, 0.2) is 5.69 Å². The number of benzene rings is 1. The van der Waals surface area contributed by atoms with Gasteiger partial charge >= 0.3 is 6.09 Å². The van der Waals surface area contributed by atoms with Crippen LogP contribution in [0.25, 0.3) is 11.3 Å². The maximum Gasteiger partial charge on any atom is 0.410 e. The van der Waals surface area contributed by atoms with E-state index in [2.05, 4.69) is 0 Å². The van der Waals surface area contributed by atoms with Crippen LogP contribution in [-0.2, 0) is 26.0 Å². The maximum absolute atomic E-state index is 14.7. The summed E-state index contributed by atoms with van der Waals surface area (Å²) in [7, 11) is -1.64. The van der Waals surface area contributed by atoms with Gasteiger partial charge in [0.05, 0.1) is 46.4 Å². The van der Waals surface area contributed by atoms with Gasteiger partial charge in [-0.3, -0.25) is 13.7 Å². The number of amides is 2. The van der Waals surface area contributed by atoms with E-state index in [1.807, 2.05) is 20.8 Å². The van der Waals surface area contributed by atoms with Crippen LogP contribution in [0, 0.1) is 5.82 Å². The van der Waals surface area contributed by atoms with E-state index in [1.54, 1.807) is 26.6 Å². The Morgan fingerprint density at radius 3 is 2.63 bits per heavy atom. The topological polar surface area (TPSA) is 94.0 Å². The summed E-state index contributed by atoms with van der Waals surface area (Å²) in [5.74, 6) is -0.777. The third kappa shape index (κ3) is 4.47. The molecule has 35 heavy (non-hydrogen) atoms. The maximum atomic E-state index is 14.7. The number of hydrogen-bond donors (Lipinski definition) is 0. The third-order valence-electron chi connectivity index (χ3n) is 6.40. The Labute approximate surface area is 205 Å². The number of likely N-dealkylation sites (tertiary alicyclic amines) is 1. The van der Waals surface area contributed by atoms with Crippen molar-refractivity contribution in [3.05, 3.63) is 35.3 Å². The molecule has 188 valence electrons. The fourth-order valence-corrected chi connectivity index (χ4v) is 6.18. The zero-order chi connectivity index (χ0) is 24.9. The summed E-state index contributed by atoms with van der Waals surface area (Å²) in [6.45, 7) is 8.07. The van der Waals surface area contributed by atoms with E-state index in [0.717, 1.165) is 0 Å². The molecule has 2 fully saturated rings. The molecule has 0 radical (unpaired) electrons. The molecule has 4 heterocycles. The Kier molecular flexibility index (Phi) is 6.16. The van der Waals surface area contributed by atoms with Crippen LogP contribution in [0.3, 0.4) is 0 Å². The Morgan fingerprint density at radius 2 is 1.91 bits per heavy atom. The highest BCUT2D eigenvalue weighted by molar-refractivity contribution is 7.84. The van der Waals surface area contributed by atoms with Crippen molar-refractivity contribution in [3.63, 3.8) is 0 Å². The summed E-state index contributed by atoms with van der Waals surface area (Å²) in [4.78, 5) is 29.5. The van der Waals surface area contributed by atoms with Crippen molar-refractivity contribution in [1.82, 2.24) is 19.6 Å². The van der Waals surface area contributed by atoms with Gasteiger partial charge in [-0.1, -0.05) is 12.1 Å². The van der Waals surface area contributed by atoms with Crippen LogP contribution in [0.2, 0.25) is 0 Å². The molecule has 2 unspecified atom stereocenters. The molecule has 5 rings (SSSR count). The van der Waals surface area contributed by atoms with Gasteiger partial charge in [0, 0.05) is 37.3 Å². The molecule has 11 heteroatoms. The molecular weight excluding hydrogens is 475 g/mol. The molecular formula is C24H29FN4O5S. The number of carbonyl (C=O) groups is 2. The molecule has 0 bridgehead atoms. The fraction of sp³-hybridized carbons (Fsp3) is 0.542. The Bertz CT molecular complexity index is 1200. The van der Waals surface area contributed by atoms with Gasteiger partial charge in [-0.05, 0) is 33.3 Å². The smallest absolute Gasteiger partial charge is 0.410 e. The summed E-state index contributed by atoms with van der Waals surface area (Å²) >= 11 is 0. The number of fused-ring (bicyclic) bond motifs is 3. The number of hydrogen-bond acceptors (Lipinski definition) is 6. The average molecular weight is 505 g/mol. The summed E-state index contributed by atoms with van der Waals surface area (Å²) < 4.78 is 40.4. The van der Waals surface area contributed by atoms with Crippen LogP contribution >= 0.6 is 0 Å². The van der Waals surface area contributed by atoms with Crippen LogP contribution in [0.5, 0.6) is 0 Å². The fourth-order valence-electron chi connectivity index (χ4n) is 4.81. The standard InChI is InChI=1S/C24H29FN4O5S/c1-24(2,3)34-23(31)28-8-7-15(13-28)29-20-16-5-4-6-18(25)21(16)35(32)14-17(20)19(26-29)22(30)27-9-11-33-12-10-27/h4-6,15H,7-14H2,1-3H3. The minimum atomic E-state index is -1.64. The first-order chi connectivity index (χ1) is 16.6. The monoisotopic (exact) mass is 504 g/mol. The van der Waals surface area contributed by atoms with Crippen molar-refractivity contribution in [2.24, 2.45) is 0 Å². The van der Waals surface area contributed by atoms with Crippen LogP contribution in [0.1, 0.15) is 49.3 Å². The number of rotatable bonds is 2. The average Bonchev–Trinajstić information content (AvgIpc) is 3.43. The number of aromatic nitrogens is 2. The molecule has 1 aromatic heterocycles. The van der Waals surface area contributed by atoms with Crippen molar-refractivity contribution in [1.29, 1.82) is 0 Å². The number of ether oxygens (including phenoxy) is 2. The Balaban J connectivity index is 1.55. The van der Waals surface area contributed by atoms with Gasteiger partial charge in [0.25, 0.3) is 5.91 Å². The van der Waals surface area contributed by atoms with Crippen molar-refractivity contribution >= 4 is 22.8 Å². The molecule has 2 saturated heterocycles. The molecule has 2 atom stereocenters. The van der Waals surface area contributed by atoms with Gasteiger partial charge < -0.3 is 19.3 Å². The first-order valence-electron chi connectivity index (χ1n) is 11.8. The molecule has 2 amide bonds. The Morgan fingerprint density at radius 1 is 1.17 bits per heavy atom. The second kappa shape index (κ2) is 9.02. The highest BCUT2D eigenvalue weighted by Gasteiger charge is 2.39. The molecule has 0 spiro atoms. The molecule has 0 N–H and O–H groups in total. The highest BCUT2D eigenvalue weighted by atomic mass is 32.2. The minimum absolute atomic E-state index is 0.0111. The lowest BCUT2D eigenvalue weighted by atomic mass is 10.0. The summed E-state index contributed by atoms with van der Waals surface area (Å²) in [6.07, 6.45) is 0.199. The van der Waals surface area contributed by atoms with E-state index in [-0.39, 0.29) is 28.3 Å². The van der Waals surface area contributed by atoms with E-state index in [0.29, 0.717) is 62.6 Å². The number of nitrogens with zero attached hydrogens (tertiary/aromatic N) is 4. The van der Waals surface area contributed by atoms with E-state index in [9.17, 15) is 18.2 Å². The quantitative estimate of drug-likeness (QED) is 0.624. The largest absolute Gasteiger partial charge is 0.444 e. The molecule has 0 saturated carbocycles. The lowest BCUT2D eigenvalue weighted by Crippen LogP contribution is -2.41. The zero-order valence-electron chi connectivity index (χ0n) is 20.1. The SMILES string of the molecule is CC(C)(C)OC(=O)N1CCC(n2nc(C(=O)N3CCOCC3)c3c2-c2cccc(F)c2S(=O)C3)C1. The van der Waals surface area contributed by atoms with Crippen molar-refractivity contribution < 1.29 is 27.7 Å². The van der Waals surface area contributed by atoms with Crippen LogP contribution < -0.4 is 0 Å². The molecule has 9 nitrogen and oxygen atoms in total. The number of morpholine rings is 1. The summed E-state index contributed by atoms with van der Waals surface area (Å²) in [6, 6.07) is 4.35. The van der Waals surface area contributed by atoms with Crippen LogP contribution in [-0.4, -0.2) is 80.8 Å². The van der Waals surface area contributed by atoms with E-state index in [4.69, 9.17) is 14.6 Å². The second-order valence-corrected chi connectivity index (χ2v) is 11.4.